The number of ether oxygens (including phenoxy) is 1. The molecule has 0 heterocycles. The zero-order chi connectivity index (χ0) is 14.1. The van der Waals surface area contributed by atoms with Crippen LogP contribution in [-0.4, -0.2) is 48.5 Å². The van der Waals surface area contributed by atoms with Gasteiger partial charge in [0.15, 0.2) is 0 Å². The van der Waals surface area contributed by atoms with Crippen LogP contribution >= 0.6 is 0 Å². The number of aliphatic hydroxyl groups is 2. The summed E-state index contributed by atoms with van der Waals surface area (Å²) in [6.45, 7) is 6.87. The van der Waals surface area contributed by atoms with Gasteiger partial charge in [0.2, 0.25) is 11.8 Å². The normalized spacial score (nSPS) is 7.65. The number of rotatable bonds is 6. The molecule has 0 radical (unpaired) electrons. The SMILES string of the molecule is C=CC(N)=O.C=CC(N)=O.OCCOCCO. The Kier molecular flexibility index (Phi) is 24.1. The quantitative estimate of drug-likeness (QED) is 0.328. The summed E-state index contributed by atoms with van der Waals surface area (Å²) in [4.78, 5) is 18.9. The third-order valence-corrected chi connectivity index (χ3v) is 0.874. The molecular formula is C10H20N2O5. The summed E-state index contributed by atoms with van der Waals surface area (Å²) in [6.07, 6.45) is 2.11. The predicted octanol–water partition coefficient (Wildman–Crippen LogP) is -1.70. The minimum absolute atomic E-state index is 0.0278. The maximum atomic E-state index is 9.47. The van der Waals surface area contributed by atoms with Crippen LogP contribution in [0.4, 0.5) is 0 Å². The average Bonchev–Trinajstić information content (AvgIpc) is 2.31. The van der Waals surface area contributed by atoms with Gasteiger partial charge in [0.25, 0.3) is 0 Å². The molecule has 0 aliphatic carbocycles. The van der Waals surface area contributed by atoms with Crippen molar-refractivity contribution in [1.29, 1.82) is 0 Å². The Bertz CT molecular complexity index is 197. The van der Waals surface area contributed by atoms with Crippen molar-refractivity contribution in [3.8, 4) is 0 Å². The van der Waals surface area contributed by atoms with Crippen LogP contribution in [0.1, 0.15) is 0 Å². The van der Waals surface area contributed by atoms with Gasteiger partial charge in [-0.2, -0.15) is 0 Å². The Balaban J connectivity index is -0.000000177. The molecule has 0 fully saturated rings. The summed E-state index contributed by atoms with van der Waals surface area (Å²) in [7, 11) is 0. The van der Waals surface area contributed by atoms with Crippen LogP contribution in [0.2, 0.25) is 0 Å². The molecule has 0 saturated carbocycles. The first-order valence-electron chi connectivity index (χ1n) is 4.59. The van der Waals surface area contributed by atoms with E-state index in [4.69, 9.17) is 10.2 Å². The molecular weight excluding hydrogens is 228 g/mol. The largest absolute Gasteiger partial charge is 0.394 e. The highest BCUT2D eigenvalue weighted by atomic mass is 16.5. The van der Waals surface area contributed by atoms with Crippen LogP contribution in [0.3, 0.4) is 0 Å². The summed E-state index contributed by atoms with van der Waals surface area (Å²) in [5, 5.41) is 16.2. The number of amides is 2. The molecule has 0 unspecified atom stereocenters. The molecule has 7 heteroatoms. The molecule has 100 valence electrons. The molecule has 0 aromatic rings. The minimum atomic E-state index is -0.481. The first kappa shape index (κ1) is 20.7. The average molecular weight is 248 g/mol. The van der Waals surface area contributed by atoms with Crippen molar-refractivity contribution in [2.24, 2.45) is 11.5 Å². The topological polar surface area (TPSA) is 136 Å². The van der Waals surface area contributed by atoms with E-state index in [0.717, 1.165) is 12.2 Å². The lowest BCUT2D eigenvalue weighted by atomic mass is 10.6. The van der Waals surface area contributed by atoms with Gasteiger partial charge in [0.1, 0.15) is 0 Å². The molecule has 2 amide bonds. The summed E-state index contributed by atoms with van der Waals surface area (Å²) >= 11 is 0. The Hall–Kier alpha value is -1.70. The fourth-order valence-electron chi connectivity index (χ4n) is 0.231. The number of hydrogen-bond donors (Lipinski definition) is 4. The van der Waals surface area contributed by atoms with Crippen molar-refractivity contribution in [1.82, 2.24) is 0 Å². The monoisotopic (exact) mass is 248 g/mol. The van der Waals surface area contributed by atoms with Gasteiger partial charge in [-0.1, -0.05) is 13.2 Å². The molecule has 0 bridgehead atoms. The van der Waals surface area contributed by atoms with Gasteiger partial charge < -0.3 is 26.4 Å². The lowest BCUT2D eigenvalue weighted by Gasteiger charge is -1.94. The second-order valence-corrected chi connectivity index (χ2v) is 2.27. The van der Waals surface area contributed by atoms with Crippen LogP contribution < -0.4 is 11.5 Å². The van der Waals surface area contributed by atoms with E-state index < -0.39 is 11.8 Å². The molecule has 7 nitrogen and oxygen atoms in total. The van der Waals surface area contributed by atoms with Gasteiger partial charge >= 0.3 is 0 Å². The maximum Gasteiger partial charge on any atom is 0.240 e. The van der Waals surface area contributed by atoms with E-state index in [1.54, 1.807) is 0 Å². The molecule has 0 aliphatic heterocycles. The van der Waals surface area contributed by atoms with Crippen molar-refractivity contribution >= 4 is 11.8 Å². The van der Waals surface area contributed by atoms with Crippen LogP contribution in [0.25, 0.3) is 0 Å². The molecule has 17 heavy (non-hydrogen) atoms. The summed E-state index contributed by atoms with van der Waals surface area (Å²) in [5.41, 5.74) is 9.07. The standard InChI is InChI=1S/C4H10O3.2C3H5NO/c5-1-3-7-4-2-6;2*1-2-3(4)5/h5-6H,1-4H2;2*2H,1H2,(H2,4,5). The van der Waals surface area contributed by atoms with Crippen molar-refractivity contribution < 1.29 is 24.5 Å². The molecule has 0 atom stereocenters. The Morgan fingerprint density at radius 1 is 1.00 bits per heavy atom. The molecule has 0 aromatic heterocycles. The van der Waals surface area contributed by atoms with Crippen molar-refractivity contribution in [2.75, 3.05) is 26.4 Å². The lowest BCUT2D eigenvalue weighted by molar-refractivity contribution is -0.114. The van der Waals surface area contributed by atoms with Gasteiger partial charge in [-0.15, -0.1) is 0 Å². The number of primary amides is 2. The second-order valence-electron chi connectivity index (χ2n) is 2.27. The number of carbonyl (C=O) groups excluding carboxylic acids is 2. The molecule has 0 rings (SSSR count). The Morgan fingerprint density at radius 2 is 1.24 bits per heavy atom. The minimum Gasteiger partial charge on any atom is -0.394 e. The van der Waals surface area contributed by atoms with Crippen molar-refractivity contribution in [3.05, 3.63) is 25.3 Å². The molecule has 0 spiro atoms. The third-order valence-electron chi connectivity index (χ3n) is 0.874. The zero-order valence-corrected chi connectivity index (χ0v) is 9.67. The van der Waals surface area contributed by atoms with Crippen LogP contribution in [0.15, 0.2) is 25.3 Å². The van der Waals surface area contributed by atoms with Crippen LogP contribution in [0.5, 0.6) is 0 Å². The molecule has 0 saturated heterocycles. The van der Waals surface area contributed by atoms with Crippen LogP contribution in [0, 0.1) is 0 Å². The van der Waals surface area contributed by atoms with Gasteiger partial charge in [-0.3, -0.25) is 9.59 Å². The van der Waals surface area contributed by atoms with E-state index in [1.807, 2.05) is 0 Å². The van der Waals surface area contributed by atoms with Gasteiger partial charge in [-0.25, -0.2) is 0 Å². The number of nitrogens with two attached hydrogens (primary N) is 2. The molecule has 0 aliphatic rings. The van der Waals surface area contributed by atoms with E-state index in [1.165, 1.54) is 0 Å². The highest BCUT2D eigenvalue weighted by molar-refractivity contribution is 5.85. The second kappa shape index (κ2) is 19.8. The summed E-state index contributed by atoms with van der Waals surface area (Å²) in [6, 6.07) is 0. The zero-order valence-electron chi connectivity index (χ0n) is 9.67. The van der Waals surface area contributed by atoms with Gasteiger partial charge in [0, 0.05) is 0 Å². The fourth-order valence-corrected chi connectivity index (χ4v) is 0.231. The third kappa shape index (κ3) is 54.5. The summed E-state index contributed by atoms with van der Waals surface area (Å²) in [5.74, 6) is -0.963. The van der Waals surface area contributed by atoms with Crippen molar-refractivity contribution in [3.63, 3.8) is 0 Å². The first-order valence-corrected chi connectivity index (χ1v) is 4.59. The van der Waals surface area contributed by atoms with E-state index in [9.17, 15) is 9.59 Å². The van der Waals surface area contributed by atoms with E-state index in [0.29, 0.717) is 13.2 Å². The van der Waals surface area contributed by atoms with Gasteiger partial charge in [0.05, 0.1) is 26.4 Å². The highest BCUT2D eigenvalue weighted by Crippen LogP contribution is 1.68. The Labute approximate surface area is 100 Å². The highest BCUT2D eigenvalue weighted by Gasteiger charge is 1.79. The van der Waals surface area contributed by atoms with Crippen molar-refractivity contribution in [2.45, 2.75) is 0 Å². The van der Waals surface area contributed by atoms with Gasteiger partial charge in [-0.05, 0) is 12.2 Å². The number of aliphatic hydroxyl groups excluding tert-OH is 2. The van der Waals surface area contributed by atoms with Crippen LogP contribution in [-0.2, 0) is 14.3 Å². The maximum absolute atomic E-state index is 9.47. The number of carbonyl (C=O) groups is 2. The summed E-state index contributed by atoms with van der Waals surface area (Å²) < 4.78 is 4.63. The molecule has 0 aromatic carbocycles. The van der Waals surface area contributed by atoms with E-state index in [2.05, 4.69) is 29.4 Å². The van der Waals surface area contributed by atoms with E-state index in [-0.39, 0.29) is 13.2 Å². The first-order chi connectivity index (χ1) is 7.95. The lowest BCUT2D eigenvalue weighted by Crippen LogP contribution is -2.04. The number of hydrogen-bond acceptors (Lipinski definition) is 5. The fraction of sp³-hybridized carbons (Fsp3) is 0.400. The van der Waals surface area contributed by atoms with E-state index >= 15 is 0 Å². The molecule has 6 N–H and O–H groups in total. The predicted molar refractivity (Wildman–Crippen MR) is 63.8 cm³/mol. The smallest absolute Gasteiger partial charge is 0.240 e. The Morgan fingerprint density at radius 3 is 1.35 bits per heavy atom.